The van der Waals surface area contributed by atoms with Crippen molar-refractivity contribution >= 4 is 5.91 Å². The lowest BCUT2D eigenvalue weighted by Crippen LogP contribution is -2.42. The average molecular weight is 247 g/mol. The first-order valence-electron chi connectivity index (χ1n) is 6.57. The molecule has 1 amide bonds. The van der Waals surface area contributed by atoms with Crippen LogP contribution in [0.2, 0.25) is 0 Å². The first kappa shape index (κ1) is 13.0. The number of nitrogens with zero attached hydrogens (tertiary/aromatic N) is 2. The van der Waals surface area contributed by atoms with Crippen molar-refractivity contribution in [3.63, 3.8) is 0 Å². The fourth-order valence-corrected chi connectivity index (χ4v) is 2.79. The van der Waals surface area contributed by atoms with Crippen LogP contribution < -0.4 is 5.73 Å². The molecular weight excluding hydrogens is 226 g/mol. The molecule has 1 aliphatic carbocycles. The number of amides is 1. The average Bonchev–Trinajstić information content (AvgIpc) is 2.87. The molecule has 0 radical (unpaired) electrons. The lowest BCUT2D eigenvalue weighted by Gasteiger charge is -2.29. The number of aromatic nitrogens is 1. The van der Waals surface area contributed by atoms with E-state index in [0.29, 0.717) is 24.9 Å². The molecule has 1 heterocycles. The van der Waals surface area contributed by atoms with Gasteiger partial charge in [-0.3, -0.25) is 9.78 Å². The number of likely N-dealkylation sites (N-methyl/N-ethyl adjacent to an activating group) is 1. The molecular formula is C14H21N3O. The second-order valence-electron chi connectivity index (χ2n) is 5.04. The molecule has 0 spiro atoms. The van der Waals surface area contributed by atoms with Crippen LogP contribution in [0.4, 0.5) is 0 Å². The third-order valence-corrected chi connectivity index (χ3v) is 3.89. The summed E-state index contributed by atoms with van der Waals surface area (Å²) in [5.41, 5.74) is 6.74. The molecule has 4 heteroatoms. The van der Waals surface area contributed by atoms with Gasteiger partial charge >= 0.3 is 0 Å². The Hall–Kier alpha value is -1.42. The number of hydrogen-bond donors (Lipinski definition) is 1. The van der Waals surface area contributed by atoms with E-state index in [2.05, 4.69) is 4.98 Å². The zero-order valence-electron chi connectivity index (χ0n) is 10.9. The van der Waals surface area contributed by atoms with Crippen LogP contribution in [0.1, 0.15) is 24.8 Å². The Balaban J connectivity index is 1.96. The molecule has 0 bridgehead atoms. The molecule has 0 aliphatic heterocycles. The van der Waals surface area contributed by atoms with Crippen molar-refractivity contribution in [3.8, 4) is 0 Å². The zero-order valence-corrected chi connectivity index (χ0v) is 10.9. The van der Waals surface area contributed by atoms with E-state index >= 15 is 0 Å². The summed E-state index contributed by atoms with van der Waals surface area (Å²) in [5.74, 6) is 0.626. The van der Waals surface area contributed by atoms with Crippen LogP contribution in [0.15, 0.2) is 24.5 Å². The second-order valence-corrected chi connectivity index (χ2v) is 5.04. The molecule has 1 aromatic rings. The Morgan fingerprint density at radius 1 is 1.56 bits per heavy atom. The van der Waals surface area contributed by atoms with Gasteiger partial charge in [0.2, 0.25) is 5.91 Å². The Morgan fingerprint density at radius 2 is 2.39 bits per heavy atom. The van der Waals surface area contributed by atoms with Crippen LogP contribution in [0.5, 0.6) is 0 Å². The van der Waals surface area contributed by atoms with E-state index in [1.807, 2.05) is 24.1 Å². The minimum Gasteiger partial charge on any atom is -0.342 e. The minimum atomic E-state index is 0.161. The molecule has 18 heavy (non-hydrogen) atoms. The normalized spacial score (nSPS) is 23.0. The third kappa shape index (κ3) is 2.88. The fraction of sp³-hybridized carbons (Fsp3) is 0.571. The molecule has 1 saturated carbocycles. The van der Waals surface area contributed by atoms with E-state index in [-0.39, 0.29) is 5.91 Å². The predicted octanol–water partition coefficient (Wildman–Crippen LogP) is 1.21. The summed E-state index contributed by atoms with van der Waals surface area (Å²) in [6.07, 6.45) is 7.30. The van der Waals surface area contributed by atoms with E-state index in [1.54, 1.807) is 12.4 Å². The van der Waals surface area contributed by atoms with Crippen LogP contribution in [0.3, 0.4) is 0 Å². The van der Waals surface area contributed by atoms with E-state index in [4.69, 9.17) is 5.73 Å². The molecule has 2 atom stereocenters. The quantitative estimate of drug-likeness (QED) is 0.870. The summed E-state index contributed by atoms with van der Waals surface area (Å²) < 4.78 is 0. The molecule has 4 nitrogen and oxygen atoms in total. The maximum absolute atomic E-state index is 12.2. The fourth-order valence-electron chi connectivity index (χ4n) is 2.79. The molecule has 2 rings (SSSR count). The van der Waals surface area contributed by atoms with E-state index in [0.717, 1.165) is 18.4 Å². The van der Waals surface area contributed by atoms with Crippen LogP contribution in [-0.2, 0) is 11.2 Å². The van der Waals surface area contributed by atoms with E-state index < -0.39 is 0 Å². The number of pyridine rings is 1. The third-order valence-electron chi connectivity index (χ3n) is 3.89. The standard InChI is InChI=1S/C14H21N3O/c1-17(13-6-2-5-12(13)9-15)14(18)8-11-4-3-7-16-10-11/h3-4,7,10,12-13H,2,5-6,8-9,15H2,1H3. The first-order chi connectivity index (χ1) is 8.72. The minimum absolute atomic E-state index is 0.161. The van der Waals surface area contributed by atoms with Crippen molar-refractivity contribution in [2.75, 3.05) is 13.6 Å². The summed E-state index contributed by atoms with van der Waals surface area (Å²) in [5, 5.41) is 0. The highest BCUT2D eigenvalue weighted by molar-refractivity contribution is 5.78. The molecule has 98 valence electrons. The van der Waals surface area contributed by atoms with Crippen molar-refractivity contribution in [1.82, 2.24) is 9.88 Å². The molecule has 0 saturated heterocycles. The van der Waals surface area contributed by atoms with Gasteiger partial charge in [0.15, 0.2) is 0 Å². The van der Waals surface area contributed by atoms with Gasteiger partial charge in [0.05, 0.1) is 6.42 Å². The number of carbonyl (C=O) groups is 1. The molecule has 1 fully saturated rings. The van der Waals surface area contributed by atoms with Crippen LogP contribution in [-0.4, -0.2) is 35.4 Å². The van der Waals surface area contributed by atoms with Gasteiger partial charge in [0.1, 0.15) is 0 Å². The summed E-state index contributed by atoms with van der Waals surface area (Å²) in [6.45, 7) is 0.676. The number of hydrogen-bond acceptors (Lipinski definition) is 3. The molecule has 2 unspecified atom stereocenters. The van der Waals surface area contributed by atoms with E-state index in [1.165, 1.54) is 6.42 Å². The monoisotopic (exact) mass is 247 g/mol. The van der Waals surface area contributed by atoms with Crippen LogP contribution >= 0.6 is 0 Å². The number of nitrogens with two attached hydrogens (primary N) is 1. The van der Waals surface area contributed by atoms with Gasteiger partial charge in [-0.2, -0.15) is 0 Å². The van der Waals surface area contributed by atoms with Crippen molar-refractivity contribution in [3.05, 3.63) is 30.1 Å². The SMILES string of the molecule is CN(C(=O)Cc1cccnc1)C1CCCC1CN. The Labute approximate surface area is 108 Å². The van der Waals surface area contributed by atoms with Crippen molar-refractivity contribution in [2.24, 2.45) is 11.7 Å². The molecule has 0 aromatic carbocycles. The highest BCUT2D eigenvalue weighted by atomic mass is 16.2. The molecule has 1 aliphatic rings. The van der Waals surface area contributed by atoms with Crippen molar-refractivity contribution < 1.29 is 4.79 Å². The van der Waals surface area contributed by atoms with Gasteiger partial charge in [-0.25, -0.2) is 0 Å². The van der Waals surface area contributed by atoms with Gasteiger partial charge in [0.25, 0.3) is 0 Å². The number of rotatable bonds is 4. The maximum atomic E-state index is 12.2. The lowest BCUT2D eigenvalue weighted by molar-refractivity contribution is -0.131. The lowest BCUT2D eigenvalue weighted by atomic mass is 10.0. The van der Waals surface area contributed by atoms with Gasteiger partial charge < -0.3 is 10.6 Å². The van der Waals surface area contributed by atoms with Gasteiger partial charge in [-0.05, 0) is 36.9 Å². The maximum Gasteiger partial charge on any atom is 0.227 e. The van der Waals surface area contributed by atoms with Gasteiger partial charge in [0, 0.05) is 25.5 Å². The summed E-state index contributed by atoms with van der Waals surface area (Å²) in [7, 11) is 1.90. The smallest absolute Gasteiger partial charge is 0.227 e. The number of carbonyl (C=O) groups excluding carboxylic acids is 1. The largest absolute Gasteiger partial charge is 0.342 e. The second kappa shape index (κ2) is 5.96. The summed E-state index contributed by atoms with van der Waals surface area (Å²) >= 11 is 0. The molecule has 2 N–H and O–H groups in total. The summed E-state index contributed by atoms with van der Waals surface area (Å²) in [6, 6.07) is 4.12. The first-order valence-corrected chi connectivity index (χ1v) is 6.57. The van der Waals surface area contributed by atoms with Crippen molar-refractivity contribution in [2.45, 2.75) is 31.7 Å². The Kier molecular flexibility index (Phi) is 4.31. The highest BCUT2D eigenvalue weighted by Crippen LogP contribution is 2.28. The Morgan fingerprint density at radius 3 is 3.06 bits per heavy atom. The zero-order chi connectivity index (χ0) is 13.0. The predicted molar refractivity (Wildman–Crippen MR) is 70.9 cm³/mol. The summed E-state index contributed by atoms with van der Waals surface area (Å²) in [4.78, 5) is 18.1. The van der Waals surface area contributed by atoms with Gasteiger partial charge in [-0.1, -0.05) is 12.5 Å². The molecule has 1 aromatic heterocycles. The topological polar surface area (TPSA) is 59.2 Å². The van der Waals surface area contributed by atoms with Crippen LogP contribution in [0, 0.1) is 5.92 Å². The Bertz CT molecular complexity index is 393. The van der Waals surface area contributed by atoms with Crippen molar-refractivity contribution in [1.29, 1.82) is 0 Å². The highest BCUT2D eigenvalue weighted by Gasteiger charge is 2.31. The van der Waals surface area contributed by atoms with Gasteiger partial charge in [-0.15, -0.1) is 0 Å². The van der Waals surface area contributed by atoms with E-state index in [9.17, 15) is 4.79 Å². The van der Waals surface area contributed by atoms with Crippen LogP contribution in [0.25, 0.3) is 0 Å².